The lowest BCUT2D eigenvalue weighted by atomic mass is 9.85. The van der Waals surface area contributed by atoms with E-state index in [4.69, 9.17) is 0 Å². The normalized spacial score (nSPS) is 17.1. The van der Waals surface area contributed by atoms with Gasteiger partial charge in [-0.1, -0.05) is 43.5 Å². The molecule has 2 aliphatic rings. The van der Waals surface area contributed by atoms with Crippen LogP contribution in [0.1, 0.15) is 96.5 Å². The van der Waals surface area contributed by atoms with Crippen LogP contribution in [0.4, 0.5) is 0 Å². The average Bonchev–Trinajstić information content (AvgIpc) is 3.28. The van der Waals surface area contributed by atoms with E-state index in [1.54, 1.807) is 23.5 Å². The van der Waals surface area contributed by atoms with Crippen LogP contribution in [0, 0.1) is 0 Å². The molecule has 1 aliphatic heterocycles. The van der Waals surface area contributed by atoms with E-state index in [0.717, 1.165) is 67.3 Å². The number of ketones is 1. The minimum atomic E-state index is 0.0781. The highest BCUT2D eigenvalue weighted by Gasteiger charge is 2.27. The van der Waals surface area contributed by atoms with E-state index >= 15 is 0 Å². The Labute approximate surface area is 212 Å². The van der Waals surface area contributed by atoms with Crippen molar-refractivity contribution in [2.24, 2.45) is 0 Å². The van der Waals surface area contributed by atoms with Gasteiger partial charge in [-0.15, -0.1) is 11.3 Å². The minimum absolute atomic E-state index is 0.0781. The number of aryl methyl sites for hydroxylation is 1. The molecule has 1 aromatic heterocycles. The maximum atomic E-state index is 13.8. The molecule has 184 valence electrons. The number of piperidine rings is 1. The molecule has 1 amide bonds. The summed E-state index contributed by atoms with van der Waals surface area (Å²) < 4.78 is 0.990. The Hall–Kier alpha value is -2.66. The number of fused-ring (bicyclic) bond motifs is 1. The zero-order chi connectivity index (χ0) is 24.2. The van der Waals surface area contributed by atoms with E-state index in [2.05, 4.69) is 0 Å². The number of nitrogens with zero attached hydrogens (tertiary/aromatic N) is 1. The molecular formula is C30H35NO3S. The fourth-order valence-corrected chi connectivity index (χ4v) is 7.11. The molecule has 2 heterocycles. The highest BCUT2D eigenvalue weighted by molar-refractivity contribution is 7.19. The van der Waals surface area contributed by atoms with Gasteiger partial charge in [0.25, 0.3) is 0 Å². The largest absolute Gasteiger partial charge is 0.508 e. The molecule has 0 spiro atoms. The van der Waals surface area contributed by atoms with Crippen molar-refractivity contribution in [2.45, 2.75) is 76.5 Å². The molecule has 35 heavy (non-hydrogen) atoms. The lowest BCUT2D eigenvalue weighted by Crippen LogP contribution is -2.35. The summed E-state index contributed by atoms with van der Waals surface area (Å²) in [5.74, 6) is 1.03. The zero-order valence-corrected chi connectivity index (χ0v) is 21.2. The number of aromatic hydroxyl groups is 1. The minimum Gasteiger partial charge on any atom is -0.508 e. The first kappa shape index (κ1) is 24.1. The van der Waals surface area contributed by atoms with Gasteiger partial charge in [-0.25, -0.2) is 0 Å². The fraction of sp³-hybridized carbons (Fsp3) is 0.467. The predicted molar refractivity (Wildman–Crippen MR) is 143 cm³/mol. The van der Waals surface area contributed by atoms with Crippen LogP contribution in [0.3, 0.4) is 0 Å². The second-order valence-corrected chi connectivity index (χ2v) is 11.3. The van der Waals surface area contributed by atoms with Crippen molar-refractivity contribution in [3.05, 3.63) is 64.0 Å². The van der Waals surface area contributed by atoms with Gasteiger partial charge in [0.1, 0.15) is 5.75 Å². The SMILES string of the molecule is O=C(c1ccc(CCCC(=O)N2CCCCC2)cc1)c1c(C2CCCCC2)sc2cc(O)ccc12. The average molecular weight is 490 g/mol. The van der Waals surface area contributed by atoms with E-state index < -0.39 is 0 Å². The summed E-state index contributed by atoms with van der Waals surface area (Å²) in [6, 6.07) is 13.3. The number of phenolic OH excluding ortho intramolecular Hbond substituents is 1. The van der Waals surface area contributed by atoms with Crippen molar-refractivity contribution in [3.63, 3.8) is 0 Å². The Morgan fingerprint density at radius 3 is 2.37 bits per heavy atom. The van der Waals surface area contributed by atoms with Crippen molar-refractivity contribution < 1.29 is 14.7 Å². The second-order valence-electron chi connectivity index (χ2n) is 10.2. The zero-order valence-electron chi connectivity index (χ0n) is 20.4. The van der Waals surface area contributed by atoms with Gasteiger partial charge in [-0.05, 0) is 74.6 Å². The van der Waals surface area contributed by atoms with Gasteiger partial charge in [0, 0.05) is 45.6 Å². The smallest absolute Gasteiger partial charge is 0.222 e. The summed E-state index contributed by atoms with van der Waals surface area (Å²) in [6.07, 6.45) is 11.8. The van der Waals surface area contributed by atoms with E-state index in [0.29, 0.717) is 17.9 Å². The van der Waals surface area contributed by atoms with E-state index in [1.165, 1.54) is 36.1 Å². The summed E-state index contributed by atoms with van der Waals surface area (Å²) in [7, 11) is 0. The molecule has 5 rings (SSSR count). The first-order valence-electron chi connectivity index (χ1n) is 13.3. The third-order valence-electron chi connectivity index (χ3n) is 7.68. The Morgan fingerprint density at radius 2 is 1.63 bits per heavy atom. The van der Waals surface area contributed by atoms with Crippen LogP contribution in [0.5, 0.6) is 5.75 Å². The third kappa shape index (κ3) is 5.45. The maximum Gasteiger partial charge on any atom is 0.222 e. The number of carbonyl (C=O) groups excluding carboxylic acids is 2. The third-order valence-corrected chi connectivity index (χ3v) is 9.00. The Balaban J connectivity index is 1.30. The maximum absolute atomic E-state index is 13.8. The Morgan fingerprint density at radius 1 is 0.914 bits per heavy atom. The summed E-state index contributed by atoms with van der Waals surface area (Å²) in [5.41, 5.74) is 2.71. The van der Waals surface area contributed by atoms with Gasteiger partial charge >= 0.3 is 0 Å². The number of hydrogen-bond donors (Lipinski definition) is 1. The molecule has 0 bridgehead atoms. The highest BCUT2D eigenvalue weighted by Crippen LogP contribution is 2.44. The second kappa shape index (κ2) is 10.9. The van der Waals surface area contributed by atoms with Crippen LogP contribution in [-0.4, -0.2) is 34.8 Å². The Kier molecular flexibility index (Phi) is 7.52. The molecule has 2 fully saturated rings. The van der Waals surface area contributed by atoms with E-state index in [-0.39, 0.29) is 17.4 Å². The number of amides is 1. The van der Waals surface area contributed by atoms with Crippen LogP contribution in [-0.2, 0) is 11.2 Å². The van der Waals surface area contributed by atoms with Gasteiger partial charge in [0.2, 0.25) is 5.91 Å². The van der Waals surface area contributed by atoms with Crippen LogP contribution in [0.25, 0.3) is 10.1 Å². The summed E-state index contributed by atoms with van der Waals surface area (Å²) >= 11 is 1.68. The topological polar surface area (TPSA) is 57.6 Å². The van der Waals surface area contributed by atoms with Crippen LogP contribution in [0.15, 0.2) is 42.5 Å². The molecule has 1 saturated heterocycles. The number of phenols is 1. The van der Waals surface area contributed by atoms with Crippen molar-refractivity contribution >= 4 is 33.1 Å². The van der Waals surface area contributed by atoms with Crippen molar-refractivity contribution in [2.75, 3.05) is 13.1 Å². The molecule has 1 aliphatic carbocycles. The van der Waals surface area contributed by atoms with Gasteiger partial charge in [0.05, 0.1) is 0 Å². The summed E-state index contributed by atoms with van der Waals surface area (Å²) in [5, 5.41) is 11.0. The first-order valence-corrected chi connectivity index (χ1v) is 14.1. The molecule has 2 aromatic carbocycles. The summed E-state index contributed by atoms with van der Waals surface area (Å²) in [4.78, 5) is 29.4. The van der Waals surface area contributed by atoms with Gasteiger partial charge < -0.3 is 10.0 Å². The lowest BCUT2D eigenvalue weighted by Gasteiger charge is -2.26. The number of benzene rings is 2. The molecular weight excluding hydrogens is 454 g/mol. The van der Waals surface area contributed by atoms with E-state index in [9.17, 15) is 14.7 Å². The molecule has 4 nitrogen and oxygen atoms in total. The van der Waals surface area contributed by atoms with Gasteiger partial charge in [-0.2, -0.15) is 0 Å². The van der Waals surface area contributed by atoms with Crippen LogP contribution >= 0.6 is 11.3 Å². The fourth-order valence-electron chi connectivity index (χ4n) is 5.70. The molecule has 1 saturated carbocycles. The quantitative estimate of drug-likeness (QED) is 0.356. The predicted octanol–water partition coefficient (Wildman–Crippen LogP) is 7.22. The van der Waals surface area contributed by atoms with Crippen molar-refractivity contribution in [1.29, 1.82) is 0 Å². The number of thiophene rings is 1. The molecule has 0 unspecified atom stereocenters. The monoisotopic (exact) mass is 489 g/mol. The Bertz CT molecular complexity index is 1180. The highest BCUT2D eigenvalue weighted by atomic mass is 32.1. The lowest BCUT2D eigenvalue weighted by molar-refractivity contribution is -0.132. The number of likely N-dealkylation sites (tertiary alicyclic amines) is 1. The molecule has 1 N–H and O–H groups in total. The number of hydrogen-bond acceptors (Lipinski definition) is 4. The number of carbonyl (C=O) groups is 2. The molecule has 0 radical (unpaired) electrons. The van der Waals surface area contributed by atoms with Gasteiger partial charge in [-0.3, -0.25) is 9.59 Å². The van der Waals surface area contributed by atoms with Crippen LogP contribution < -0.4 is 0 Å². The number of rotatable bonds is 7. The van der Waals surface area contributed by atoms with Crippen molar-refractivity contribution in [3.8, 4) is 5.75 Å². The van der Waals surface area contributed by atoms with E-state index in [1.807, 2.05) is 35.2 Å². The standard InChI is InChI=1S/C30H35NO3S/c32-24-16-17-25-26(20-24)35-30(23-9-3-1-4-10-23)28(25)29(34)22-14-12-21(13-15-22)8-7-11-27(33)31-18-5-2-6-19-31/h12-17,20,23,32H,1-11,18-19H2. The summed E-state index contributed by atoms with van der Waals surface area (Å²) in [6.45, 7) is 1.82. The van der Waals surface area contributed by atoms with Crippen LogP contribution in [0.2, 0.25) is 0 Å². The molecule has 0 atom stereocenters. The van der Waals surface area contributed by atoms with Gasteiger partial charge in [0.15, 0.2) is 5.78 Å². The van der Waals surface area contributed by atoms with Crippen molar-refractivity contribution in [1.82, 2.24) is 4.90 Å². The first-order chi connectivity index (χ1) is 17.1. The molecule has 5 heteroatoms. The molecule has 3 aromatic rings.